The van der Waals surface area contributed by atoms with E-state index in [1.54, 1.807) is 6.08 Å². The molecule has 0 fully saturated rings. The highest BCUT2D eigenvalue weighted by Crippen LogP contribution is 2.26. The van der Waals surface area contributed by atoms with Gasteiger partial charge in [0.1, 0.15) is 0 Å². The van der Waals surface area contributed by atoms with E-state index in [2.05, 4.69) is 48.1 Å². The third-order valence-electron chi connectivity index (χ3n) is 4.84. The zero-order chi connectivity index (χ0) is 21.5. The standard InChI is InChI=1S/C23H25ClN4OS/c1-4-14-28-22(18-6-10-19(24)11-7-18)26-27-23(28)30-15-21(29)25-20-12-8-17(9-13-20)16(3)5-2/h4,6-13,16H,1,5,14-15H2,2-3H3,(H,25,29). The number of thioether (sulfide) groups is 1. The van der Waals surface area contributed by atoms with Crippen LogP contribution in [0.2, 0.25) is 5.02 Å². The van der Waals surface area contributed by atoms with Crippen LogP contribution in [0.25, 0.3) is 11.4 Å². The number of benzene rings is 2. The van der Waals surface area contributed by atoms with Crippen molar-refractivity contribution < 1.29 is 4.79 Å². The summed E-state index contributed by atoms with van der Waals surface area (Å²) >= 11 is 7.33. The highest BCUT2D eigenvalue weighted by molar-refractivity contribution is 7.99. The van der Waals surface area contributed by atoms with Crippen molar-refractivity contribution in [3.05, 3.63) is 71.8 Å². The summed E-state index contributed by atoms with van der Waals surface area (Å²) < 4.78 is 1.94. The van der Waals surface area contributed by atoms with E-state index in [0.717, 1.165) is 23.5 Å². The number of rotatable bonds is 9. The van der Waals surface area contributed by atoms with Gasteiger partial charge in [-0.2, -0.15) is 0 Å². The fourth-order valence-electron chi connectivity index (χ4n) is 2.96. The van der Waals surface area contributed by atoms with Crippen LogP contribution in [-0.2, 0) is 11.3 Å². The van der Waals surface area contributed by atoms with Crippen LogP contribution in [0.3, 0.4) is 0 Å². The zero-order valence-corrected chi connectivity index (χ0v) is 18.7. The molecule has 0 aliphatic heterocycles. The number of hydrogen-bond donors (Lipinski definition) is 1. The predicted octanol–water partition coefficient (Wildman–Crippen LogP) is 6.03. The lowest BCUT2D eigenvalue weighted by Crippen LogP contribution is -2.14. The summed E-state index contributed by atoms with van der Waals surface area (Å²) in [5.41, 5.74) is 2.98. The second-order valence-electron chi connectivity index (χ2n) is 6.98. The molecule has 1 amide bonds. The van der Waals surface area contributed by atoms with Crippen molar-refractivity contribution in [2.24, 2.45) is 0 Å². The maximum atomic E-state index is 12.4. The van der Waals surface area contributed by atoms with E-state index in [0.29, 0.717) is 22.6 Å². The number of allylic oxidation sites excluding steroid dienone is 1. The first-order valence-electron chi connectivity index (χ1n) is 9.84. The first kappa shape index (κ1) is 22.1. The molecule has 0 spiro atoms. The molecule has 30 heavy (non-hydrogen) atoms. The minimum Gasteiger partial charge on any atom is -0.325 e. The summed E-state index contributed by atoms with van der Waals surface area (Å²) in [6.45, 7) is 8.73. The van der Waals surface area contributed by atoms with Crippen LogP contribution < -0.4 is 5.32 Å². The Hall–Kier alpha value is -2.57. The molecule has 1 unspecified atom stereocenters. The normalized spacial score (nSPS) is 11.8. The van der Waals surface area contributed by atoms with E-state index in [9.17, 15) is 4.79 Å². The van der Waals surface area contributed by atoms with Gasteiger partial charge in [0.15, 0.2) is 11.0 Å². The number of nitrogens with one attached hydrogen (secondary N) is 1. The van der Waals surface area contributed by atoms with Gasteiger partial charge in [-0.05, 0) is 54.3 Å². The monoisotopic (exact) mass is 440 g/mol. The Balaban J connectivity index is 1.65. The fourth-order valence-corrected chi connectivity index (χ4v) is 3.83. The minimum atomic E-state index is -0.0857. The Bertz CT molecular complexity index is 999. The fraction of sp³-hybridized carbons (Fsp3) is 0.261. The van der Waals surface area contributed by atoms with Gasteiger partial charge in [-0.25, -0.2) is 0 Å². The van der Waals surface area contributed by atoms with Gasteiger partial charge >= 0.3 is 0 Å². The molecule has 7 heteroatoms. The molecule has 5 nitrogen and oxygen atoms in total. The molecule has 1 aromatic heterocycles. The number of aromatic nitrogens is 3. The van der Waals surface area contributed by atoms with E-state index in [1.807, 2.05) is 41.0 Å². The zero-order valence-electron chi connectivity index (χ0n) is 17.1. The summed E-state index contributed by atoms with van der Waals surface area (Å²) in [5, 5.41) is 12.8. The van der Waals surface area contributed by atoms with Gasteiger partial charge in [0.05, 0.1) is 5.75 Å². The van der Waals surface area contributed by atoms with Gasteiger partial charge in [-0.1, -0.05) is 55.4 Å². The number of carbonyl (C=O) groups excluding carboxylic acids is 1. The summed E-state index contributed by atoms with van der Waals surface area (Å²) in [7, 11) is 0. The molecule has 1 heterocycles. The first-order valence-corrected chi connectivity index (χ1v) is 11.2. The summed E-state index contributed by atoms with van der Waals surface area (Å²) in [6.07, 6.45) is 2.87. The predicted molar refractivity (Wildman–Crippen MR) is 125 cm³/mol. The molecule has 0 bridgehead atoms. The van der Waals surface area contributed by atoms with Gasteiger partial charge < -0.3 is 5.32 Å². The smallest absolute Gasteiger partial charge is 0.234 e. The number of halogens is 1. The van der Waals surface area contributed by atoms with E-state index >= 15 is 0 Å². The number of nitrogens with zero attached hydrogens (tertiary/aromatic N) is 3. The Labute approximate surface area is 186 Å². The molecule has 3 aromatic rings. The third kappa shape index (κ3) is 5.52. The van der Waals surface area contributed by atoms with Gasteiger partial charge in [0.25, 0.3) is 0 Å². The van der Waals surface area contributed by atoms with Gasteiger partial charge in [0.2, 0.25) is 5.91 Å². The van der Waals surface area contributed by atoms with Crippen molar-refractivity contribution in [1.82, 2.24) is 14.8 Å². The molecule has 0 saturated heterocycles. The lowest BCUT2D eigenvalue weighted by molar-refractivity contribution is -0.113. The van der Waals surface area contributed by atoms with Crippen molar-refractivity contribution in [3.63, 3.8) is 0 Å². The van der Waals surface area contributed by atoms with Crippen LogP contribution in [0, 0.1) is 0 Å². The maximum Gasteiger partial charge on any atom is 0.234 e. The van der Waals surface area contributed by atoms with Crippen LogP contribution in [-0.4, -0.2) is 26.4 Å². The topological polar surface area (TPSA) is 59.8 Å². The van der Waals surface area contributed by atoms with Crippen molar-refractivity contribution in [1.29, 1.82) is 0 Å². The molecule has 2 aromatic carbocycles. The number of hydrogen-bond acceptors (Lipinski definition) is 4. The average molecular weight is 441 g/mol. The average Bonchev–Trinajstić information content (AvgIpc) is 3.15. The lowest BCUT2D eigenvalue weighted by Gasteiger charge is -2.11. The van der Waals surface area contributed by atoms with Crippen molar-refractivity contribution in [2.75, 3.05) is 11.1 Å². The van der Waals surface area contributed by atoms with Gasteiger partial charge in [0, 0.05) is 22.8 Å². The van der Waals surface area contributed by atoms with E-state index in [1.165, 1.54) is 17.3 Å². The second-order valence-corrected chi connectivity index (χ2v) is 8.36. The van der Waals surface area contributed by atoms with Crippen LogP contribution >= 0.6 is 23.4 Å². The third-order valence-corrected chi connectivity index (χ3v) is 6.06. The highest BCUT2D eigenvalue weighted by Gasteiger charge is 2.15. The summed E-state index contributed by atoms with van der Waals surface area (Å²) in [6, 6.07) is 15.5. The quantitative estimate of drug-likeness (QED) is 0.326. The van der Waals surface area contributed by atoms with Crippen LogP contribution in [0.5, 0.6) is 0 Å². The first-order chi connectivity index (χ1) is 14.5. The molecule has 156 valence electrons. The Morgan fingerprint density at radius 3 is 2.53 bits per heavy atom. The number of amides is 1. The van der Waals surface area contributed by atoms with E-state index in [-0.39, 0.29) is 11.7 Å². The van der Waals surface area contributed by atoms with E-state index in [4.69, 9.17) is 11.6 Å². The second kappa shape index (κ2) is 10.5. The molecule has 0 radical (unpaired) electrons. The molecular weight excluding hydrogens is 416 g/mol. The molecule has 0 saturated carbocycles. The van der Waals surface area contributed by atoms with Crippen LogP contribution in [0.15, 0.2) is 66.3 Å². The molecular formula is C23H25ClN4OS. The largest absolute Gasteiger partial charge is 0.325 e. The minimum absolute atomic E-state index is 0.0857. The SMILES string of the molecule is C=CCn1c(SCC(=O)Nc2ccc(C(C)CC)cc2)nnc1-c1ccc(Cl)cc1. The van der Waals surface area contributed by atoms with Crippen LogP contribution in [0.4, 0.5) is 5.69 Å². The maximum absolute atomic E-state index is 12.4. The summed E-state index contributed by atoms with van der Waals surface area (Å²) in [5.74, 6) is 1.38. The van der Waals surface area contributed by atoms with Crippen molar-refractivity contribution in [3.8, 4) is 11.4 Å². The Morgan fingerprint density at radius 2 is 1.90 bits per heavy atom. The number of anilines is 1. The molecule has 1 N–H and O–H groups in total. The van der Waals surface area contributed by atoms with Gasteiger partial charge in [-0.15, -0.1) is 16.8 Å². The lowest BCUT2D eigenvalue weighted by atomic mass is 9.99. The molecule has 3 rings (SSSR count). The molecule has 1 atom stereocenters. The summed E-state index contributed by atoms with van der Waals surface area (Å²) in [4.78, 5) is 12.4. The van der Waals surface area contributed by atoms with Crippen molar-refractivity contribution >= 4 is 35.0 Å². The van der Waals surface area contributed by atoms with Crippen molar-refractivity contribution in [2.45, 2.75) is 37.9 Å². The van der Waals surface area contributed by atoms with Gasteiger partial charge in [-0.3, -0.25) is 9.36 Å². The highest BCUT2D eigenvalue weighted by atomic mass is 35.5. The molecule has 0 aliphatic rings. The van der Waals surface area contributed by atoms with Crippen LogP contribution in [0.1, 0.15) is 31.7 Å². The Morgan fingerprint density at radius 1 is 1.20 bits per heavy atom. The Kier molecular flexibility index (Phi) is 7.71. The molecule has 0 aliphatic carbocycles. The van der Waals surface area contributed by atoms with E-state index < -0.39 is 0 Å². The number of carbonyl (C=O) groups is 1.